The maximum Gasteiger partial charge on any atom is 0.264 e. The highest BCUT2D eigenvalue weighted by atomic mass is 35.5. The third-order valence-electron chi connectivity index (χ3n) is 6.43. The maximum atomic E-state index is 12.5. The lowest BCUT2D eigenvalue weighted by atomic mass is 10.1. The predicted molar refractivity (Wildman–Crippen MR) is 146 cm³/mol. The lowest BCUT2D eigenvalue weighted by molar-refractivity contribution is -0.114. The minimum absolute atomic E-state index is 0.00378. The Labute approximate surface area is 227 Å². The Morgan fingerprint density at radius 2 is 1.84 bits per heavy atom. The summed E-state index contributed by atoms with van der Waals surface area (Å²) in [6.45, 7) is 4.69. The van der Waals surface area contributed by atoms with E-state index >= 15 is 0 Å². The fourth-order valence-electron chi connectivity index (χ4n) is 4.31. The fourth-order valence-corrected chi connectivity index (χ4v) is 5.77. The average Bonchev–Trinajstić information content (AvgIpc) is 3.45. The molecule has 1 aliphatic carbocycles. The molecule has 0 radical (unpaired) electrons. The number of rotatable bonds is 9. The van der Waals surface area contributed by atoms with Gasteiger partial charge in [0.05, 0.1) is 23.7 Å². The van der Waals surface area contributed by atoms with Crippen LogP contribution in [0.1, 0.15) is 48.3 Å². The normalized spacial score (nSPS) is 14.4. The number of halogens is 2. The maximum absolute atomic E-state index is 12.5. The molecule has 1 amide bonds. The van der Waals surface area contributed by atoms with Crippen LogP contribution in [0.3, 0.4) is 0 Å². The zero-order chi connectivity index (χ0) is 26.6. The van der Waals surface area contributed by atoms with Crippen molar-refractivity contribution in [1.29, 1.82) is 0 Å². The molecule has 0 unspecified atom stereocenters. The Balaban J connectivity index is 1.46. The number of aromatic nitrogens is 2. The molecule has 0 aliphatic heterocycles. The number of hydrogen-bond donors (Lipinski definition) is 1. The van der Waals surface area contributed by atoms with Crippen LogP contribution >= 0.6 is 23.2 Å². The van der Waals surface area contributed by atoms with Gasteiger partial charge in [0.1, 0.15) is 11.6 Å². The van der Waals surface area contributed by atoms with Gasteiger partial charge in [0.25, 0.3) is 15.9 Å². The van der Waals surface area contributed by atoms with Crippen molar-refractivity contribution in [3.05, 3.63) is 81.4 Å². The SMILES string of the molecule is Cc1ccc(S(=O)(=O)NC(=O)C=Cc2c(Cl)nc(C)n2Cc2ccc(OCC3CCCC3)cc2Cl)cc1. The zero-order valence-electron chi connectivity index (χ0n) is 20.7. The Morgan fingerprint density at radius 1 is 1.14 bits per heavy atom. The number of carbonyl (C=O) groups excluding carboxylic acids is 1. The van der Waals surface area contributed by atoms with Crippen LogP contribution in [0.15, 0.2) is 53.4 Å². The van der Waals surface area contributed by atoms with Crippen LogP contribution in [0.2, 0.25) is 10.2 Å². The summed E-state index contributed by atoms with van der Waals surface area (Å²) in [5.41, 5.74) is 2.20. The van der Waals surface area contributed by atoms with Crippen molar-refractivity contribution in [2.75, 3.05) is 6.61 Å². The van der Waals surface area contributed by atoms with Crippen LogP contribution in [0.25, 0.3) is 6.08 Å². The summed E-state index contributed by atoms with van der Waals surface area (Å²) in [5, 5.41) is 0.737. The van der Waals surface area contributed by atoms with E-state index < -0.39 is 15.9 Å². The van der Waals surface area contributed by atoms with Gasteiger partial charge >= 0.3 is 0 Å². The number of sulfonamides is 1. The molecule has 1 saturated carbocycles. The Hall–Kier alpha value is -2.81. The standard InChI is InChI=1S/C27H29Cl2N3O4S/c1-18-7-11-23(12-8-18)37(34,35)31-26(33)14-13-25-27(29)30-19(2)32(25)16-21-9-10-22(15-24(21)28)36-17-20-5-3-4-6-20/h7-15,20H,3-6,16-17H2,1-2H3,(H,31,33). The van der Waals surface area contributed by atoms with Crippen LogP contribution in [0, 0.1) is 19.8 Å². The molecule has 1 heterocycles. The number of carbonyl (C=O) groups is 1. The first-order chi connectivity index (χ1) is 17.6. The highest BCUT2D eigenvalue weighted by Gasteiger charge is 2.18. The summed E-state index contributed by atoms with van der Waals surface area (Å²) in [5.74, 6) is 1.15. The average molecular weight is 563 g/mol. The van der Waals surface area contributed by atoms with E-state index in [2.05, 4.69) is 4.98 Å². The Bertz CT molecular complexity index is 1410. The number of amides is 1. The second-order valence-corrected chi connectivity index (χ2v) is 11.7. The molecular formula is C27H29Cl2N3O4S. The summed E-state index contributed by atoms with van der Waals surface area (Å²) in [6, 6.07) is 11.8. The van der Waals surface area contributed by atoms with Gasteiger partial charge in [0.15, 0.2) is 5.15 Å². The number of benzene rings is 2. The molecule has 0 spiro atoms. The van der Waals surface area contributed by atoms with Crippen molar-refractivity contribution in [3.8, 4) is 5.75 Å². The molecule has 10 heteroatoms. The number of ether oxygens (including phenoxy) is 1. The number of nitrogens with one attached hydrogen (secondary N) is 1. The molecule has 0 atom stereocenters. The van der Waals surface area contributed by atoms with Crippen LogP contribution in [0.4, 0.5) is 0 Å². The molecule has 37 heavy (non-hydrogen) atoms. The van der Waals surface area contributed by atoms with Crippen molar-refractivity contribution < 1.29 is 17.9 Å². The molecule has 1 aliphatic rings. The lowest BCUT2D eigenvalue weighted by Crippen LogP contribution is -2.29. The van der Waals surface area contributed by atoms with E-state index in [9.17, 15) is 13.2 Å². The molecule has 3 aromatic rings. The first kappa shape index (κ1) is 27.2. The largest absolute Gasteiger partial charge is 0.493 e. The van der Waals surface area contributed by atoms with Crippen LogP contribution in [-0.2, 0) is 21.4 Å². The number of nitrogens with zero attached hydrogens (tertiary/aromatic N) is 2. The van der Waals surface area contributed by atoms with Crippen molar-refractivity contribution in [2.45, 2.75) is 51.0 Å². The second kappa shape index (κ2) is 11.7. The minimum Gasteiger partial charge on any atom is -0.493 e. The van der Waals surface area contributed by atoms with Crippen molar-refractivity contribution >= 4 is 45.2 Å². The van der Waals surface area contributed by atoms with Crippen molar-refractivity contribution in [3.63, 3.8) is 0 Å². The molecule has 1 N–H and O–H groups in total. The van der Waals surface area contributed by atoms with E-state index in [0.29, 0.717) is 35.6 Å². The first-order valence-electron chi connectivity index (χ1n) is 12.1. The zero-order valence-corrected chi connectivity index (χ0v) is 23.0. The topological polar surface area (TPSA) is 90.3 Å². The van der Waals surface area contributed by atoms with Gasteiger partial charge in [-0.3, -0.25) is 4.79 Å². The third kappa shape index (κ3) is 6.94. The smallest absolute Gasteiger partial charge is 0.264 e. The quantitative estimate of drug-likeness (QED) is 0.326. The molecule has 0 bridgehead atoms. The summed E-state index contributed by atoms with van der Waals surface area (Å²) in [4.78, 5) is 16.7. The predicted octanol–water partition coefficient (Wildman–Crippen LogP) is 5.94. The van der Waals surface area contributed by atoms with E-state index in [0.717, 1.165) is 23.0 Å². The van der Waals surface area contributed by atoms with Gasteiger partial charge in [-0.05, 0) is 68.5 Å². The number of aryl methyl sites for hydroxylation is 2. The van der Waals surface area contributed by atoms with Crippen LogP contribution in [-0.4, -0.2) is 30.5 Å². The highest BCUT2D eigenvalue weighted by Crippen LogP contribution is 2.29. The van der Waals surface area contributed by atoms with E-state index in [1.165, 1.54) is 43.9 Å². The lowest BCUT2D eigenvalue weighted by Gasteiger charge is -2.14. The molecule has 1 fully saturated rings. The van der Waals surface area contributed by atoms with Gasteiger partial charge in [-0.25, -0.2) is 18.1 Å². The summed E-state index contributed by atoms with van der Waals surface area (Å²) >= 11 is 12.9. The van der Waals surface area contributed by atoms with E-state index in [-0.39, 0.29) is 10.0 Å². The van der Waals surface area contributed by atoms with E-state index in [1.807, 2.05) is 23.8 Å². The van der Waals surface area contributed by atoms with Gasteiger partial charge in [0.2, 0.25) is 0 Å². The number of hydrogen-bond acceptors (Lipinski definition) is 5. The molecule has 0 saturated heterocycles. The van der Waals surface area contributed by atoms with Crippen LogP contribution in [0.5, 0.6) is 5.75 Å². The molecule has 7 nitrogen and oxygen atoms in total. The highest BCUT2D eigenvalue weighted by molar-refractivity contribution is 7.90. The molecule has 196 valence electrons. The summed E-state index contributed by atoms with van der Waals surface area (Å²) in [6.07, 6.45) is 7.50. The summed E-state index contributed by atoms with van der Waals surface area (Å²) in [7, 11) is -4.00. The second-order valence-electron chi connectivity index (χ2n) is 9.25. The third-order valence-corrected chi connectivity index (χ3v) is 8.42. The number of imidazole rings is 1. The Morgan fingerprint density at radius 3 is 2.51 bits per heavy atom. The van der Waals surface area contributed by atoms with Gasteiger partial charge in [-0.1, -0.05) is 59.8 Å². The van der Waals surface area contributed by atoms with Gasteiger partial charge in [0, 0.05) is 11.1 Å². The molecule has 4 rings (SSSR count). The molecular weight excluding hydrogens is 533 g/mol. The van der Waals surface area contributed by atoms with Gasteiger partial charge in [-0.15, -0.1) is 0 Å². The Kier molecular flexibility index (Phi) is 8.62. The molecule has 2 aromatic carbocycles. The van der Waals surface area contributed by atoms with Crippen molar-refractivity contribution in [2.24, 2.45) is 5.92 Å². The molecule has 1 aromatic heterocycles. The first-order valence-corrected chi connectivity index (χ1v) is 14.3. The monoisotopic (exact) mass is 561 g/mol. The van der Waals surface area contributed by atoms with E-state index in [4.69, 9.17) is 27.9 Å². The van der Waals surface area contributed by atoms with Crippen molar-refractivity contribution in [1.82, 2.24) is 14.3 Å². The van der Waals surface area contributed by atoms with Gasteiger partial charge in [-0.2, -0.15) is 0 Å². The van der Waals surface area contributed by atoms with E-state index in [1.54, 1.807) is 29.7 Å². The summed E-state index contributed by atoms with van der Waals surface area (Å²) < 4.78 is 34.8. The van der Waals surface area contributed by atoms with Crippen LogP contribution < -0.4 is 9.46 Å². The van der Waals surface area contributed by atoms with Gasteiger partial charge < -0.3 is 9.30 Å². The fraction of sp³-hybridized carbons (Fsp3) is 0.333. The minimum atomic E-state index is -4.00.